The number of carboxylic acid groups (broad SMARTS) is 1. The minimum absolute atomic E-state index is 0.124. The van der Waals surface area contributed by atoms with Crippen molar-refractivity contribution in [2.75, 3.05) is 0 Å². The molecule has 0 aliphatic heterocycles. The summed E-state index contributed by atoms with van der Waals surface area (Å²) in [4.78, 5) is 10.3. The van der Waals surface area contributed by atoms with Gasteiger partial charge in [0.1, 0.15) is 0 Å². The standard InChI is InChI=1S/C18H32O3/c1-2-3-4-5-6-7-8-9-10-11-12-14-17(19)15-13-16-18(20)21/h10-12,14,17,19H,2-9,13,15-16H2,1H3,(H,20,21)/b11-10-,14-12+. The Labute approximate surface area is 129 Å². The first kappa shape index (κ1) is 19.9. The molecule has 0 aliphatic rings. The van der Waals surface area contributed by atoms with Crippen LogP contribution in [0.4, 0.5) is 0 Å². The van der Waals surface area contributed by atoms with E-state index in [0.29, 0.717) is 12.8 Å². The Hall–Kier alpha value is -1.09. The van der Waals surface area contributed by atoms with Crippen LogP contribution in [0.3, 0.4) is 0 Å². The molecule has 0 saturated carbocycles. The SMILES string of the molecule is CCCCCCCCC/C=C\C=C\C(O)CCCC(=O)O. The van der Waals surface area contributed by atoms with E-state index < -0.39 is 12.1 Å². The van der Waals surface area contributed by atoms with E-state index in [4.69, 9.17) is 5.11 Å². The first-order chi connectivity index (χ1) is 10.2. The van der Waals surface area contributed by atoms with E-state index in [1.54, 1.807) is 6.08 Å². The van der Waals surface area contributed by atoms with Crippen LogP contribution >= 0.6 is 0 Å². The molecule has 0 fully saturated rings. The summed E-state index contributed by atoms with van der Waals surface area (Å²) in [6.07, 6.45) is 18.7. The van der Waals surface area contributed by atoms with Gasteiger partial charge >= 0.3 is 5.97 Å². The molecule has 1 atom stereocenters. The summed E-state index contributed by atoms with van der Waals surface area (Å²) in [5, 5.41) is 18.1. The number of aliphatic hydroxyl groups is 1. The van der Waals surface area contributed by atoms with Gasteiger partial charge in [0.25, 0.3) is 0 Å². The molecule has 122 valence electrons. The Morgan fingerprint density at radius 1 is 1.00 bits per heavy atom. The second kappa shape index (κ2) is 15.3. The maximum atomic E-state index is 10.3. The van der Waals surface area contributed by atoms with E-state index in [0.717, 1.165) is 6.42 Å². The molecule has 0 bridgehead atoms. The smallest absolute Gasteiger partial charge is 0.303 e. The van der Waals surface area contributed by atoms with E-state index in [1.165, 1.54) is 44.9 Å². The van der Waals surface area contributed by atoms with Crippen molar-refractivity contribution < 1.29 is 15.0 Å². The normalized spacial score (nSPS) is 13.2. The largest absolute Gasteiger partial charge is 0.481 e. The highest BCUT2D eigenvalue weighted by Crippen LogP contribution is 2.08. The van der Waals surface area contributed by atoms with Crippen molar-refractivity contribution >= 4 is 5.97 Å². The summed E-state index contributed by atoms with van der Waals surface area (Å²) in [7, 11) is 0. The van der Waals surface area contributed by atoms with Gasteiger partial charge < -0.3 is 10.2 Å². The molecule has 0 aliphatic carbocycles. The molecular formula is C18H32O3. The van der Waals surface area contributed by atoms with Crippen molar-refractivity contribution in [3.05, 3.63) is 24.3 Å². The van der Waals surface area contributed by atoms with Crippen LogP contribution in [0, 0.1) is 0 Å². The average molecular weight is 296 g/mol. The average Bonchev–Trinajstić information content (AvgIpc) is 2.44. The molecule has 21 heavy (non-hydrogen) atoms. The lowest BCUT2D eigenvalue weighted by Gasteiger charge is -2.02. The zero-order chi connectivity index (χ0) is 15.8. The van der Waals surface area contributed by atoms with Gasteiger partial charge in [-0.15, -0.1) is 0 Å². The number of carboxylic acids is 1. The van der Waals surface area contributed by atoms with E-state index >= 15 is 0 Å². The van der Waals surface area contributed by atoms with E-state index in [-0.39, 0.29) is 6.42 Å². The zero-order valence-corrected chi connectivity index (χ0v) is 13.5. The van der Waals surface area contributed by atoms with Gasteiger partial charge in [-0.1, -0.05) is 69.8 Å². The maximum Gasteiger partial charge on any atom is 0.303 e. The lowest BCUT2D eigenvalue weighted by molar-refractivity contribution is -0.137. The van der Waals surface area contributed by atoms with Gasteiger partial charge in [-0.25, -0.2) is 0 Å². The lowest BCUT2D eigenvalue weighted by atomic mass is 10.1. The van der Waals surface area contributed by atoms with Crippen molar-refractivity contribution in [1.29, 1.82) is 0 Å². The Balaban J connectivity index is 3.40. The Bertz CT molecular complexity index is 295. The third-order valence-corrected chi connectivity index (χ3v) is 3.45. The molecule has 0 aromatic heterocycles. The molecule has 0 aromatic carbocycles. The molecule has 0 spiro atoms. The highest BCUT2D eigenvalue weighted by Gasteiger charge is 2.01. The summed E-state index contributed by atoms with van der Waals surface area (Å²) in [5.74, 6) is -0.805. The highest BCUT2D eigenvalue weighted by atomic mass is 16.4. The predicted octanol–water partition coefficient (Wildman–Crippen LogP) is 4.86. The van der Waals surface area contributed by atoms with Gasteiger partial charge in [0.05, 0.1) is 6.10 Å². The first-order valence-electron chi connectivity index (χ1n) is 8.40. The van der Waals surface area contributed by atoms with E-state index in [2.05, 4.69) is 13.0 Å². The summed E-state index contributed by atoms with van der Waals surface area (Å²) >= 11 is 0. The molecule has 1 unspecified atom stereocenters. The fourth-order valence-corrected chi connectivity index (χ4v) is 2.15. The predicted molar refractivity (Wildman–Crippen MR) is 88.4 cm³/mol. The van der Waals surface area contributed by atoms with Gasteiger partial charge in [0.15, 0.2) is 0 Å². The number of unbranched alkanes of at least 4 members (excludes halogenated alkanes) is 7. The monoisotopic (exact) mass is 296 g/mol. The summed E-state index contributed by atoms with van der Waals surface area (Å²) in [6.45, 7) is 2.24. The number of hydrogen-bond donors (Lipinski definition) is 2. The van der Waals surface area contributed by atoms with Crippen molar-refractivity contribution in [2.45, 2.75) is 83.7 Å². The quantitative estimate of drug-likeness (QED) is 0.355. The topological polar surface area (TPSA) is 57.5 Å². The Morgan fingerprint density at radius 3 is 2.33 bits per heavy atom. The fourth-order valence-electron chi connectivity index (χ4n) is 2.15. The van der Waals surface area contributed by atoms with Crippen molar-refractivity contribution in [2.24, 2.45) is 0 Å². The molecule has 2 N–H and O–H groups in total. The molecule has 0 saturated heterocycles. The molecule has 0 radical (unpaired) electrons. The number of aliphatic carboxylic acids is 1. The van der Waals surface area contributed by atoms with Crippen LogP contribution in [0.2, 0.25) is 0 Å². The van der Waals surface area contributed by atoms with Crippen molar-refractivity contribution in [1.82, 2.24) is 0 Å². The number of aliphatic hydroxyl groups excluding tert-OH is 1. The van der Waals surface area contributed by atoms with Crippen LogP contribution in [-0.2, 0) is 4.79 Å². The molecule has 0 amide bonds. The van der Waals surface area contributed by atoms with Crippen LogP contribution in [0.1, 0.15) is 77.6 Å². The first-order valence-corrected chi connectivity index (χ1v) is 8.40. The van der Waals surface area contributed by atoms with Gasteiger partial charge in [0.2, 0.25) is 0 Å². The third kappa shape index (κ3) is 16.9. The zero-order valence-electron chi connectivity index (χ0n) is 13.5. The number of rotatable bonds is 14. The third-order valence-electron chi connectivity index (χ3n) is 3.45. The molecule has 3 heteroatoms. The second-order valence-corrected chi connectivity index (χ2v) is 5.58. The van der Waals surface area contributed by atoms with Crippen LogP contribution in [0.25, 0.3) is 0 Å². The molecule has 0 rings (SSSR count). The summed E-state index contributed by atoms with van der Waals surface area (Å²) in [5.41, 5.74) is 0. The minimum atomic E-state index is -0.805. The van der Waals surface area contributed by atoms with Gasteiger partial charge in [-0.2, -0.15) is 0 Å². The fraction of sp³-hybridized carbons (Fsp3) is 0.722. The van der Waals surface area contributed by atoms with Crippen molar-refractivity contribution in [3.8, 4) is 0 Å². The van der Waals surface area contributed by atoms with Crippen LogP contribution in [-0.4, -0.2) is 22.3 Å². The second-order valence-electron chi connectivity index (χ2n) is 5.58. The lowest BCUT2D eigenvalue weighted by Crippen LogP contribution is -2.03. The summed E-state index contributed by atoms with van der Waals surface area (Å²) < 4.78 is 0. The molecule has 3 nitrogen and oxygen atoms in total. The Kier molecular flexibility index (Phi) is 14.5. The van der Waals surface area contributed by atoms with E-state index in [1.807, 2.05) is 12.2 Å². The van der Waals surface area contributed by atoms with Crippen LogP contribution in [0.5, 0.6) is 0 Å². The van der Waals surface area contributed by atoms with Gasteiger partial charge in [-0.3, -0.25) is 4.79 Å². The summed E-state index contributed by atoms with van der Waals surface area (Å²) in [6, 6.07) is 0. The Morgan fingerprint density at radius 2 is 1.67 bits per heavy atom. The highest BCUT2D eigenvalue weighted by molar-refractivity contribution is 5.66. The number of allylic oxidation sites excluding steroid dienone is 3. The van der Waals surface area contributed by atoms with E-state index in [9.17, 15) is 9.90 Å². The van der Waals surface area contributed by atoms with Crippen LogP contribution < -0.4 is 0 Å². The molecular weight excluding hydrogens is 264 g/mol. The number of carbonyl (C=O) groups is 1. The molecule has 0 heterocycles. The minimum Gasteiger partial charge on any atom is -0.481 e. The van der Waals surface area contributed by atoms with Gasteiger partial charge in [-0.05, 0) is 25.7 Å². The van der Waals surface area contributed by atoms with Crippen molar-refractivity contribution in [3.63, 3.8) is 0 Å². The number of hydrogen-bond acceptors (Lipinski definition) is 2. The van der Waals surface area contributed by atoms with Gasteiger partial charge in [0, 0.05) is 6.42 Å². The molecule has 0 aromatic rings. The van der Waals surface area contributed by atoms with Crippen LogP contribution in [0.15, 0.2) is 24.3 Å². The maximum absolute atomic E-state index is 10.3.